The summed E-state index contributed by atoms with van der Waals surface area (Å²) in [6, 6.07) is 10.6. The van der Waals surface area contributed by atoms with E-state index in [2.05, 4.69) is 35.5 Å². The van der Waals surface area contributed by atoms with Crippen molar-refractivity contribution in [3.63, 3.8) is 0 Å². The number of hydrogen-bond donors (Lipinski definition) is 1. The van der Waals surface area contributed by atoms with Crippen LogP contribution in [0, 0.1) is 0 Å². The maximum Gasteiger partial charge on any atom is 0.237 e. The molecule has 0 saturated heterocycles. The number of aromatic nitrogens is 2. The summed E-state index contributed by atoms with van der Waals surface area (Å²) in [5.41, 5.74) is 7.29. The zero-order valence-electron chi connectivity index (χ0n) is 12.9. The smallest absolute Gasteiger partial charge is 0.237 e. The van der Waals surface area contributed by atoms with Crippen LogP contribution in [-0.2, 0) is 11.0 Å². The molecule has 2 aromatic rings. The van der Waals surface area contributed by atoms with Crippen LogP contribution in [0.5, 0.6) is 0 Å². The lowest BCUT2D eigenvalue weighted by Crippen LogP contribution is -2.34. The average molecular weight is 297 g/mol. The summed E-state index contributed by atoms with van der Waals surface area (Å²) < 4.78 is 5.74. The van der Waals surface area contributed by atoms with Gasteiger partial charge in [-0.05, 0) is 31.2 Å². The molecule has 4 rings (SSSR count). The van der Waals surface area contributed by atoms with Gasteiger partial charge in [0, 0.05) is 0 Å². The van der Waals surface area contributed by atoms with Gasteiger partial charge in [0.15, 0.2) is 5.82 Å². The van der Waals surface area contributed by atoms with E-state index in [1.54, 1.807) is 0 Å². The lowest BCUT2D eigenvalue weighted by Gasteiger charge is -2.25. The van der Waals surface area contributed by atoms with Crippen molar-refractivity contribution in [2.45, 2.75) is 62.3 Å². The number of hydrogen-bond acceptors (Lipinski definition) is 4. The Morgan fingerprint density at radius 3 is 2.23 bits per heavy atom. The Morgan fingerprint density at radius 1 is 0.909 bits per heavy atom. The summed E-state index contributed by atoms with van der Waals surface area (Å²) >= 11 is 0. The molecule has 116 valence electrons. The van der Waals surface area contributed by atoms with Crippen LogP contribution in [0.4, 0.5) is 0 Å². The van der Waals surface area contributed by atoms with Crippen LogP contribution in [-0.4, -0.2) is 10.1 Å². The molecule has 2 saturated carbocycles. The monoisotopic (exact) mass is 297 g/mol. The van der Waals surface area contributed by atoms with Gasteiger partial charge in [-0.25, -0.2) is 0 Å². The summed E-state index contributed by atoms with van der Waals surface area (Å²) in [4.78, 5) is 4.79. The first-order valence-electron chi connectivity index (χ1n) is 8.42. The molecule has 2 fully saturated rings. The third-order valence-corrected chi connectivity index (χ3v) is 5.56. The van der Waals surface area contributed by atoms with E-state index in [4.69, 9.17) is 15.2 Å². The van der Waals surface area contributed by atoms with Crippen LogP contribution in [0.3, 0.4) is 0 Å². The summed E-state index contributed by atoms with van der Waals surface area (Å²) in [6.45, 7) is 0. The molecule has 0 atom stereocenters. The molecule has 0 spiro atoms. The molecule has 0 unspecified atom stereocenters. The SMILES string of the molecule is NC1(c2noc(C3(c4ccccc4)CCCC3)n2)CCCC1. The predicted octanol–water partition coefficient (Wildman–Crippen LogP) is 3.66. The second-order valence-corrected chi connectivity index (χ2v) is 6.94. The normalized spacial score (nSPS) is 23.0. The van der Waals surface area contributed by atoms with Crippen molar-refractivity contribution >= 4 is 0 Å². The van der Waals surface area contributed by atoms with Crippen molar-refractivity contribution in [1.29, 1.82) is 0 Å². The van der Waals surface area contributed by atoms with Gasteiger partial charge in [0.05, 0.1) is 11.0 Å². The Kier molecular flexibility index (Phi) is 3.30. The average Bonchev–Trinajstić information content (AvgIpc) is 3.29. The molecular weight excluding hydrogens is 274 g/mol. The lowest BCUT2D eigenvalue weighted by atomic mass is 9.78. The minimum atomic E-state index is -0.377. The quantitative estimate of drug-likeness (QED) is 0.939. The van der Waals surface area contributed by atoms with E-state index < -0.39 is 0 Å². The van der Waals surface area contributed by atoms with E-state index in [1.807, 2.05) is 0 Å². The highest BCUT2D eigenvalue weighted by Gasteiger charge is 2.44. The van der Waals surface area contributed by atoms with E-state index in [9.17, 15) is 0 Å². The fraction of sp³-hybridized carbons (Fsp3) is 0.556. The van der Waals surface area contributed by atoms with E-state index >= 15 is 0 Å². The van der Waals surface area contributed by atoms with E-state index in [0.29, 0.717) is 5.82 Å². The third-order valence-electron chi connectivity index (χ3n) is 5.56. The first kappa shape index (κ1) is 13.9. The number of benzene rings is 1. The van der Waals surface area contributed by atoms with Crippen LogP contribution in [0.2, 0.25) is 0 Å². The Bertz CT molecular complexity index is 637. The Hall–Kier alpha value is -1.68. The van der Waals surface area contributed by atoms with Gasteiger partial charge in [0.1, 0.15) is 0 Å². The number of nitrogens with zero attached hydrogens (tertiary/aromatic N) is 2. The van der Waals surface area contributed by atoms with E-state index in [1.165, 1.54) is 18.4 Å². The topological polar surface area (TPSA) is 64.9 Å². The standard InChI is InChI=1S/C18H23N3O/c19-18(12-6-7-13-18)15-20-16(22-21-15)17(10-4-5-11-17)14-8-2-1-3-9-14/h1-3,8-9H,4-7,10-13,19H2. The highest BCUT2D eigenvalue weighted by molar-refractivity contribution is 5.33. The number of nitrogens with two attached hydrogens (primary N) is 1. The largest absolute Gasteiger partial charge is 0.338 e. The first-order chi connectivity index (χ1) is 10.7. The fourth-order valence-corrected chi connectivity index (χ4v) is 4.21. The molecule has 4 heteroatoms. The molecule has 1 aromatic heterocycles. The molecule has 22 heavy (non-hydrogen) atoms. The van der Waals surface area contributed by atoms with Gasteiger partial charge < -0.3 is 10.3 Å². The fourth-order valence-electron chi connectivity index (χ4n) is 4.21. The van der Waals surface area contributed by atoms with Gasteiger partial charge in [-0.15, -0.1) is 0 Å². The molecule has 0 radical (unpaired) electrons. The second kappa shape index (κ2) is 5.20. The molecule has 4 nitrogen and oxygen atoms in total. The number of rotatable bonds is 3. The summed E-state index contributed by atoms with van der Waals surface area (Å²) in [5.74, 6) is 1.48. The van der Waals surface area contributed by atoms with Crippen LogP contribution in [0.25, 0.3) is 0 Å². The minimum Gasteiger partial charge on any atom is -0.338 e. The van der Waals surface area contributed by atoms with Crippen molar-refractivity contribution in [3.8, 4) is 0 Å². The zero-order chi connectivity index (χ0) is 15.0. The molecular formula is C18H23N3O. The molecule has 0 bridgehead atoms. The van der Waals surface area contributed by atoms with E-state index in [0.717, 1.165) is 44.4 Å². The van der Waals surface area contributed by atoms with Crippen LogP contribution >= 0.6 is 0 Å². The first-order valence-corrected chi connectivity index (χ1v) is 8.42. The van der Waals surface area contributed by atoms with Crippen LogP contribution in [0.15, 0.2) is 34.9 Å². The molecule has 2 aliphatic rings. The molecule has 0 amide bonds. The predicted molar refractivity (Wildman–Crippen MR) is 84.3 cm³/mol. The Morgan fingerprint density at radius 2 is 1.55 bits per heavy atom. The van der Waals surface area contributed by atoms with Gasteiger partial charge in [0.25, 0.3) is 0 Å². The highest BCUT2D eigenvalue weighted by atomic mass is 16.5. The second-order valence-electron chi connectivity index (χ2n) is 6.94. The highest BCUT2D eigenvalue weighted by Crippen LogP contribution is 2.46. The van der Waals surface area contributed by atoms with Gasteiger partial charge in [-0.3, -0.25) is 0 Å². The zero-order valence-corrected chi connectivity index (χ0v) is 12.9. The molecule has 1 aromatic carbocycles. The van der Waals surface area contributed by atoms with Gasteiger partial charge in [-0.1, -0.05) is 61.2 Å². The maximum atomic E-state index is 6.49. The van der Waals surface area contributed by atoms with Crippen LogP contribution in [0.1, 0.15) is 68.6 Å². The van der Waals surface area contributed by atoms with Gasteiger partial charge in [0.2, 0.25) is 5.89 Å². The van der Waals surface area contributed by atoms with Gasteiger partial charge >= 0.3 is 0 Å². The Balaban J connectivity index is 1.74. The van der Waals surface area contributed by atoms with Crippen molar-refractivity contribution < 1.29 is 4.52 Å². The van der Waals surface area contributed by atoms with Crippen molar-refractivity contribution in [2.24, 2.45) is 5.73 Å². The summed E-state index contributed by atoms with van der Waals surface area (Å²) in [7, 11) is 0. The van der Waals surface area contributed by atoms with E-state index in [-0.39, 0.29) is 11.0 Å². The molecule has 1 heterocycles. The molecule has 2 N–H and O–H groups in total. The van der Waals surface area contributed by atoms with Gasteiger partial charge in [-0.2, -0.15) is 4.98 Å². The summed E-state index contributed by atoms with van der Waals surface area (Å²) in [5, 5.41) is 4.27. The maximum absolute atomic E-state index is 6.49. The van der Waals surface area contributed by atoms with Crippen LogP contribution < -0.4 is 5.73 Å². The lowest BCUT2D eigenvalue weighted by molar-refractivity contribution is 0.302. The van der Waals surface area contributed by atoms with Crippen molar-refractivity contribution in [3.05, 3.63) is 47.6 Å². The van der Waals surface area contributed by atoms with Crippen molar-refractivity contribution in [2.75, 3.05) is 0 Å². The molecule has 0 aliphatic heterocycles. The summed E-state index contributed by atoms with van der Waals surface area (Å²) in [6.07, 6.45) is 8.82. The third kappa shape index (κ3) is 2.09. The van der Waals surface area contributed by atoms with Crippen molar-refractivity contribution in [1.82, 2.24) is 10.1 Å². The molecule has 2 aliphatic carbocycles. The minimum absolute atomic E-state index is 0.110. The Labute approximate surface area is 131 Å².